The van der Waals surface area contributed by atoms with E-state index in [1.165, 1.54) is 6.08 Å². The van der Waals surface area contributed by atoms with E-state index in [9.17, 15) is 9.59 Å². The van der Waals surface area contributed by atoms with Crippen LogP contribution in [-0.4, -0.2) is 24.4 Å². The van der Waals surface area contributed by atoms with Gasteiger partial charge in [-0.25, -0.2) is 0 Å². The number of amides is 2. The summed E-state index contributed by atoms with van der Waals surface area (Å²) >= 11 is 5.87. The van der Waals surface area contributed by atoms with Crippen molar-refractivity contribution >= 4 is 35.2 Å². The van der Waals surface area contributed by atoms with Crippen molar-refractivity contribution in [1.29, 1.82) is 0 Å². The Balaban J connectivity index is 1.59. The molecule has 1 aliphatic heterocycles. The number of benzene rings is 2. The lowest BCUT2D eigenvalue weighted by atomic mass is 10.2. The first kappa shape index (κ1) is 16.3. The van der Waals surface area contributed by atoms with E-state index in [4.69, 9.17) is 11.6 Å². The summed E-state index contributed by atoms with van der Waals surface area (Å²) in [7, 11) is 0. The molecule has 0 aliphatic carbocycles. The Morgan fingerprint density at radius 1 is 1.12 bits per heavy atom. The number of nitrogens with one attached hydrogen (secondary N) is 1. The summed E-state index contributed by atoms with van der Waals surface area (Å²) in [4.78, 5) is 25.8. The van der Waals surface area contributed by atoms with Crippen molar-refractivity contribution in [1.82, 2.24) is 5.32 Å². The molecule has 5 heteroatoms. The van der Waals surface area contributed by atoms with Gasteiger partial charge in [0.15, 0.2) is 0 Å². The molecule has 2 aromatic rings. The summed E-state index contributed by atoms with van der Waals surface area (Å²) in [5, 5.41) is 3.50. The van der Waals surface area contributed by atoms with Gasteiger partial charge in [-0.2, -0.15) is 0 Å². The summed E-state index contributed by atoms with van der Waals surface area (Å²) in [6, 6.07) is 16.5. The van der Waals surface area contributed by atoms with Gasteiger partial charge in [0.2, 0.25) is 11.8 Å². The van der Waals surface area contributed by atoms with Gasteiger partial charge in [-0.05, 0) is 35.9 Å². The molecule has 1 saturated heterocycles. The molecule has 1 N–H and O–H groups in total. The molecule has 0 unspecified atom stereocenters. The third-order valence-corrected chi connectivity index (χ3v) is 4.09. The van der Waals surface area contributed by atoms with E-state index in [2.05, 4.69) is 5.32 Å². The van der Waals surface area contributed by atoms with Crippen molar-refractivity contribution in [3.8, 4) is 0 Å². The van der Waals surface area contributed by atoms with E-state index in [0.29, 0.717) is 18.0 Å². The molecule has 4 nitrogen and oxygen atoms in total. The number of nitrogens with zero attached hydrogens (tertiary/aromatic N) is 1. The van der Waals surface area contributed by atoms with Gasteiger partial charge in [0.05, 0.1) is 6.04 Å². The average molecular weight is 341 g/mol. The minimum Gasteiger partial charge on any atom is -0.347 e. The van der Waals surface area contributed by atoms with Crippen LogP contribution in [0.15, 0.2) is 60.7 Å². The molecule has 0 aromatic heterocycles. The van der Waals surface area contributed by atoms with Crippen molar-refractivity contribution in [2.24, 2.45) is 0 Å². The lowest BCUT2D eigenvalue weighted by molar-refractivity contribution is -0.117. The Bertz CT molecular complexity index is 757. The molecule has 0 radical (unpaired) electrons. The second-order valence-corrected chi connectivity index (χ2v) is 6.07. The Hall–Kier alpha value is -2.59. The summed E-state index contributed by atoms with van der Waals surface area (Å²) in [6.45, 7) is 0.464. The van der Waals surface area contributed by atoms with Crippen molar-refractivity contribution < 1.29 is 9.59 Å². The van der Waals surface area contributed by atoms with Gasteiger partial charge in [-0.15, -0.1) is 0 Å². The van der Waals surface area contributed by atoms with Crippen LogP contribution in [0.5, 0.6) is 0 Å². The fourth-order valence-corrected chi connectivity index (χ4v) is 2.79. The second-order valence-electron chi connectivity index (χ2n) is 5.63. The van der Waals surface area contributed by atoms with Crippen LogP contribution in [0.25, 0.3) is 6.08 Å². The van der Waals surface area contributed by atoms with E-state index in [0.717, 1.165) is 11.3 Å². The van der Waals surface area contributed by atoms with Gasteiger partial charge < -0.3 is 10.2 Å². The van der Waals surface area contributed by atoms with Gasteiger partial charge in [-0.1, -0.05) is 41.9 Å². The second kappa shape index (κ2) is 7.32. The average Bonchev–Trinajstić information content (AvgIpc) is 2.95. The van der Waals surface area contributed by atoms with E-state index in [-0.39, 0.29) is 17.9 Å². The lowest BCUT2D eigenvalue weighted by Crippen LogP contribution is -2.36. The van der Waals surface area contributed by atoms with E-state index in [1.807, 2.05) is 30.3 Å². The number of rotatable bonds is 4. The molecular weight excluding hydrogens is 324 g/mol. The maximum Gasteiger partial charge on any atom is 0.244 e. The third-order valence-electron chi connectivity index (χ3n) is 3.84. The number of carbonyl (C=O) groups excluding carboxylic acids is 2. The molecule has 1 fully saturated rings. The Morgan fingerprint density at radius 2 is 1.83 bits per heavy atom. The molecule has 1 heterocycles. The molecular formula is C19H17ClN2O2. The van der Waals surface area contributed by atoms with E-state index in [1.54, 1.807) is 35.2 Å². The maximum absolute atomic E-state index is 12.2. The smallest absolute Gasteiger partial charge is 0.244 e. The van der Waals surface area contributed by atoms with Crippen LogP contribution in [0.2, 0.25) is 5.02 Å². The van der Waals surface area contributed by atoms with Crippen LogP contribution in [-0.2, 0) is 9.59 Å². The van der Waals surface area contributed by atoms with Gasteiger partial charge in [0.25, 0.3) is 0 Å². The first-order valence-corrected chi connectivity index (χ1v) is 8.09. The van der Waals surface area contributed by atoms with Crippen LogP contribution in [0.1, 0.15) is 12.0 Å². The molecule has 0 saturated carbocycles. The Kier molecular flexibility index (Phi) is 4.96. The molecule has 0 spiro atoms. The SMILES string of the molecule is O=C(/C=C\c1ccccc1)N[C@@H]1CC(=O)N(c2ccc(Cl)cc2)C1. The van der Waals surface area contributed by atoms with Gasteiger partial charge in [0.1, 0.15) is 0 Å². The summed E-state index contributed by atoms with van der Waals surface area (Å²) < 4.78 is 0. The van der Waals surface area contributed by atoms with Gasteiger partial charge in [0, 0.05) is 29.8 Å². The summed E-state index contributed by atoms with van der Waals surface area (Å²) in [5.74, 6) is -0.204. The molecule has 0 bridgehead atoms. The molecule has 3 rings (SSSR count). The zero-order chi connectivity index (χ0) is 16.9. The van der Waals surface area contributed by atoms with Crippen molar-refractivity contribution in [2.45, 2.75) is 12.5 Å². The monoisotopic (exact) mass is 340 g/mol. The number of halogens is 1. The minimum atomic E-state index is -0.199. The summed E-state index contributed by atoms with van der Waals surface area (Å²) in [6.07, 6.45) is 3.54. The lowest BCUT2D eigenvalue weighted by Gasteiger charge is -2.17. The first-order chi connectivity index (χ1) is 11.6. The highest BCUT2D eigenvalue weighted by Crippen LogP contribution is 2.23. The topological polar surface area (TPSA) is 49.4 Å². The fraction of sp³-hybridized carbons (Fsp3) is 0.158. The highest BCUT2D eigenvalue weighted by atomic mass is 35.5. The Morgan fingerprint density at radius 3 is 2.54 bits per heavy atom. The first-order valence-electron chi connectivity index (χ1n) is 7.71. The van der Waals surface area contributed by atoms with E-state index < -0.39 is 0 Å². The van der Waals surface area contributed by atoms with Crippen molar-refractivity contribution in [2.75, 3.05) is 11.4 Å². The van der Waals surface area contributed by atoms with Crippen LogP contribution < -0.4 is 10.2 Å². The molecule has 24 heavy (non-hydrogen) atoms. The quantitative estimate of drug-likeness (QED) is 0.868. The molecule has 2 aromatic carbocycles. The van der Waals surface area contributed by atoms with Crippen LogP contribution in [0, 0.1) is 0 Å². The van der Waals surface area contributed by atoms with Crippen LogP contribution in [0.3, 0.4) is 0 Å². The minimum absolute atomic E-state index is 0.00494. The molecule has 1 atom stereocenters. The highest BCUT2D eigenvalue weighted by molar-refractivity contribution is 6.30. The summed E-state index contributed by atoms with van der Waals surface area (Å²) in [5.41, 5.74) is 1.75. The number of carbonyl (C=O) groups is 2. The predicted octanol–water partition coefficient (Wildman–Crippen LogP) is 3.27. The zero-order valence-electron chi connectivity index (χ0n) is 13.0. The van der Waals surface area contributed by atoms with Gasteiger partial charge >= 0.3 is 0 Å². The fourth-order valence-electron chi connectivity index (χ4n) is 2.66. The predicted molar refractivity (Wildman–Crippen MR) is 95.8 cm³/mol. The largest absolute Gasteiger partial charge is 0.347 e. The molecule has 1 aliphatic rings. The van der Waals surface area contributed by atoms with Crippen LogP contribution in [0.4, 0.5) is 5.69 Å². The standard InChI is InChI=1S/C19H17ClN2O2/c20-15-7-9-17(10-8-15)22-13-16(12-19(22)24)21-18(23)11-6-14-4-2-1-3-5-14/h1-11,16H,12-13H2,(H,21,23)/b11-6-/t16-/m1/s1. The number of hydrogen-bond acceptors (Lipinski definition) is 2. The van der Waals surface area contributed by atoms with Crippen molar-refractivity contribution in [3.63, 3.8) is 0 Å². The van der Waals surface area contributed by atoms with Gasteiger partial charge in [-0.3, -0.25) is 9.59 Å². The van der Waals surface area contributed by atoms with E-state index >= 15 is 0 Å². The number of hydrogen-bond donors (Lipinski definition) is 1. The normalized spacial score (nSPS) is 17.5. The maximum atomic E-state index is 12.2. The Labute approximate surface area is 145 Å². The molecule has 122 valence electrons. The van der Waals surface area contributed by atoms with Crippen LogP contribution >= 0.6 is 11.6 Å². The van der Waals surface area contributed by atoms with Crippen molar-refractivity contribution in [3.05, 3.63) is 71.3 Å². The third kappa shape index (κ3) is 4.03. The zero-order valence-corrected chi connectivity index (χ0v) is 13.7. The number of anilines is 1. The molecule has 2 amide bonds. The highest BCUT2D eigenvalue weighted by Gasteiger charge is 2.31.